The van der Waals surface area contributed by atoms with E-state index in [0.717, 1.165) is 5.57 Å². The zero-order valence-corrected chi connectivity index (χ0v) is 10.9. The Morgan fingerprint density at radius 1 is 1.19 bits per heavy atom. The van der Waals surface area contributed by atoms with Gasteiger partial charge in [-0.3, -0.25) is 0 Å². The molecule has 0 radical (unpaired) electrons. The fourth-order valence-corrected chi connectivity index (χ4v) is 1.21. The zero-order valence-electron chi connectivity index (χ0n) is 9.80. The fraction of sp³-hybridized carbons (Fsp3) is 0.214. The Morgan fingerprint density at radius 3 is 1.94 bits per heavy atom. The summed E-state index contributed by atoms with van der Waals surface area (Å²) in [6, 6.07) is 6.31. The first kappa shape index (κ1) is 14.9. The molecule has 1 aliphatic rings. The average Bonchev–Trinajstić information content (AvgIpc) is 2.80. The van der Waals surface area contributed by atoms with Crippen molar-refractivity contribution in [2.75, 3.05) is 0 Å². The van der Waals surface area contributed by atoms with Gasteiger partial charge in [-0.2, -0.15) is 23.3 Å². The van der Waals surface area contributed by atoms with Crippen LogP contribution in [0.15, 0.2) is 53.8 Å². The van der Waals surface area contributed by atoms with Crippen LogP contribution in [-0.4, -0.2) is 0 Å². The maximum atomic E-state index is 10.5. The summed E-state index contributed by atoms with van der Waals surface area (Å²) in [6.07, 6.45) is 7.33. The molecule has 1 aromatic rings. The molecule has 0 fully saturated rings. The van der Waals surface area contributed by atoms with E-state index in [4.69, 9.17) is 0 Å². The van der Waals surface area contributed by atoms with Gasteiger partial charge in [0.1, 0.15) is 0 Å². The van der Waals surface area contributed by atoms with Gasteiger partial charge in [0.15, 0.2) is 0 Å². The van der Waals surface area contributed by atoms with Crippen molar-refractivity contribution < 1.29 is 22.2 Å². The van der Waals surface area contributed by atoms with Gasteiger partial charge in [0.25, 0.3) is 0 Å². The van der Waals surface area contributed by atoms with E-state index in [-0.39, 0.29) is 22.8 Å². The molecule has 0 N–H and O–H groups in total. The first-order valence-electron chi connectivity index (χ1n) is 5.03. The molecule has 0 bridgehead atoms. The van der Waals surface area contributed by atoms with Crippen molar-refractivity contribution in [3.8, 4) is 0 Å². The molecule has 0 saturated heterocycles. The molecule has 1 aromatic carbocycles. The smallest absolute Gasteiger partial charge is 0.875 e. The van der Waals surface area contributed by atoms with Crippen molar-refractivity contribution in [3.05, 3.63) is 65.0 Å². The van der Waals surface area contributed by atoms with Crippen LogP contribution < -0.4 is 5.11 Å². The summed E-state index contributed by atoms with van der Waals surface area (Å²) in [5, 5.41) is 10.5. The molecule has 86 valence electrons. The van der Waals surface area contributed by atoms with Crippen molar-refractivity contribution in [1.82, 2.24) is 0 Å². The van der Waals surface area contributed by atoms with E-state index in [2.05, 4.69) is 32.0 Å². The molecule has 0 heterocycles. The average molecular weight is 256 g/mol. The molecule has 0 aromatic heterocycles. The summed E-state index contributed by atoms with van der Waals surface area (Å²) in [5.41, 5.74) is 3.57. The second kappa shape index (κ2) is 7.21. The van der Waals surface area contributed by atoms with Gasteiger partial charge in [0, 0.05) is 0 Å². The number of hydrogen-bond donors (Lipinski definition) is 0. The van der Waals surface area contributed by atoms with Gasteiger partial charge in [-0.25, -0.2) is 6.07 Å². The van der Waals surface area contributed by atoms with E-state index in [1.54, 1.807) is 6.92 Å². The minimum Gasteiger partial charge on any atom is -0.875 e. The number of aryl methyl sites for hydroxylation is 2. The van der Waals surface area contributed by atoms with Crippen LogP contribution >= 0.6 is 0 Å². The van der Waals surface area contributed by atoms with Crippen LogP contribution in [0.2, 0.25) is 0 Å². The molecule has 1 nitrogen and oxygen atoms in total. The standard InChI is InChI=1S/C7H8O.C7H9.Fe/c1-6(8)7-4-2-3-5-7;1-6-4-3-5-7(6)2;/h2-5,8H,1H3;3-5H,1-2H3;/q;-1;+2/p-1. The Labute approximate surface area is 108 Å². The molecule has 0 aliphatic heterocycles. The van der Waals surface area contributed by atoms with Crippen molar-refractivity contribution in [3.63, 3.8) is 0 Å². The second-order valence-corrected chi connectivity index (χ2v) is 3.62. The Balaban J connectivity index is 0.000000267. The van der Waals surface area contributed by atoms with Crippen LogP contribution in [0.1, 0.15) is 18.1 Å². The fourth-order valence-electron chi connectivity index (χ4n) is 1.21. The maximum Gasteiger partial charge on any atom is 2.00 e. The molecule has 0 amide bonds. The second-order valence-electron chi connectivity index (χ2n) is 3.62. The molecule has 2 heteroatoms. The Hall–Kier alpha value is -1.11. The van der Waals surface area contributed by atoms with Gasteiger partial charge < -0.3 is 5.11 Å². The van der Waals surface area contributed by atoms with E-state index in [1.165, 1.54) is 11.1 Å². The van der Waals surface area contributed by atoms with Gasteiger partial charge in [0.05, 0.1) is 0 Å². The first-order chi connectivity index (χ1) is 7.11. The summed E-state index contributed by atoms with van der Waals surface area (Å²) in [7, 11) is 0. The molecular weight excluding hydrogens is 240 g/mol. The topological polar surface area (TPSA) is 23.1 Å². The summed E-state index contributed by atoms with van der Waals surface area (Å²) in [5.74, 6) is 0.134. The molecule has 0 atom stereocenters. The van der Waals surface area contributed by atoms with E-state index in [9.17, 15) is 5.11 Å². The maximum absolute atomic E-state index is 10.5. The van der Waals surface area contributed by atoms with Gasteiger partial charge in [0.2, 0.25) is 0 Å². The Morgan fingerprint density at radius 2 is 1.75 bits per heavy atom. The van der Waals surface area contributed by atoms with Gasteiger partial charge >= 0.3 is 17.1 Å². The molecule has 0 unspecified atom stereocenters. The number of allylic oxidation sites excluding steroid dienone is 6. The molecular formula is C14H16FeO. The molecule has 2 rings (SSSR count). The first-order valence-corrected chi connectivity index (χ1v) is 5.03. The SMILES string of the molecule is CC([O-])=C1C=CC=C1.Cc1cc[cH-]c1C.[Fe+2]. The third kappa shape index (κ3) is 4.61. The predicted molar refractivity (Wildman–Crippen MR) is 62.5 cm³/mol. The normalized spacial score (nSPS) is 11.8. The van der Waals surface area contributed by atoms with Crippen LogP contribution in [0.5, 0.6) is 0 Å². The van der Waals surface area contributed by atoms with Crippen molar-refractivity contribution >= 4 is 0 Å². The van der Waals surface area contributed by atoms with Crippen LogP contribution in [-0.2, 0) is 17.1 Å². The molecule has 1 aliphatic carbocycles. The van der Waals surface area contributed by atoms with Crippen molar-refractivity contribution in [1.29, 1.82) is 0 Å². The van der Waals surface area contributed by atoms with E-state index < -0.39 is 0 Å². The van der Waals surface area contributed by atoms with Gasteiger partial charge in [-0.05, 0) is 5.57 Å². The summed E-state index contributed by atoms with van der Waals surface area (Å²) >= 11 is 0. The van der Waals surface area contributed by atoms with Gasteiger partial charge in [-0.15, -0.1) is 5.76 Å². The number of hydrogen-bond acceptors (Lipinski definition) is 1. The monoisotopic (exact) mass is 256 g/mol. The van der Waals surface area contributed by atoms with Crippen LogP contribution in [0.25, 0.3) is 0 Å². The summed E-state index contributed by atoms with van der Waals surface area (Å²) < 4.78 is 0. The van der Waals surface area contributed by atoms with Crippen molar-refractivity contribution in [2.24, 2.45) is 0 Å². The van der Waals surface area contributed by atoms with Crippen LogP contribution in [0, 0.1) is 13.8 Å². The summed E-state index contributed by atoms with van der Waals surface area (Å²) in [4.78, 5) is 0. The molecule has 16 heavy (non-hydrogen) atoms. The third-order valence-electron chi connectivity index (χ3n) is 2.38. The Bertz CT molecular complexity index is 374. The number of rotatable bonds is 0. The van der Waals surface area contributed by atoms with Crippen molar-refractivity contribution in [2.45, 2.75) is 20.8 Å². The minimum atomic E-state index is 0. The summed E-state index contributed by atoms with van der Waals surface area (Å²) in [6.45, 7) is 5.81. The van der Waals surface area contributed by atoms with E-state index in [0.29, 0.717) is 0 Å². The quantitative estimate of drug-likeness (QED) is 0.397. The molecule has 0 saturated carbocycles. The van der Waals surface area contributed by atoms with E-state index in [1.807, 2.05) is 24.3 Å². The van der Waals surface area contributed by atoms with Crippen LogP contribution in [0.3, 0.4) is 0 Å². The Kier molecular flexibility index (Phi) is 6.71. The zero-order chi connectivity index (χ0) is 11.3. The predicted octanol–water partition coefficient (Wildman–Crippen LogP) is 2.77. The van der Waals surface area contributed by atoms with E-state index >= 15 is 0 Å². The van der Waals surface area contributed by atoms with Crippen LogP contribution in [0.4, 0.5) is 0 Å². The largest absolute Gasteiger partial charge is 2.00 e. The minimum absolute atomic E-state index is 0. The third-order valence-corrected chi connectivity index (χ3v) is 2.38. The van der Waals surface area contributed by atoms with Gasteiger partial charge in [-0.1, -0.05) is 45.1 Å². The molecule has 0 spiro atoms.